The van der Waals surface area contributed by atoms with E-state index in [9.17, 15) is 24.0 Å². The second-order valence-electron chi connectivity index (χ2n) is 1.71. The summed E-state index contributed by atoms with van der Waals surface area (Å²) in [5.41, 5.74) is -5.28. The van der Waals surface area contributed by atoms with Crippen LogP contribution in [-0.2, 0) is 0 Å². The zero-order valence-electron chi connectivity index (χ0n) is 5.77. The molecule has 13 heavy (non-hydrogen) atoms. The molecule has 68 valence electrons. The van der Waals surface area contributed by atoms with Gasteiger partial charge in [-0.05, 0) is 0 Å². The topological polar surface area (TPSA) is 125 Å². The van der Waals surface area contributed by atoms with Crippen molar-refractivity contribution in [3.8, 4) is 0 Å². The van der Waals surface area contributed by atoms with E-state index >= 15 is 0 Å². The first-order valence-corrected chi connectivity index (χ1v) is 2.75. The molecular weight excluding hydrogens is 188 g/mol. The van der Waals surface area contributed by atoms with E-state index in [1.54, 1.807) is 0 Å². The van der Waals surface area contributed by atoms with Crippen molar-refractivity contribution >= 4 is 0 Å². The summed E-state index contributed by atoms with van der Waals surface area (Å²) in [4.78, 5) is 51.9. The maximum absolute atomic E-state index is 10.5. The Morgan fingerprint density at radius 3 is 1.38 bits per heavy atom. The normalized spacial score (nSPS) is 9.54. The van der Waals surface area contributed by atoms with Crippen LogP contribution in [0.2, 0.25) is 0 Å². The SMILES string of the molecule is O=c1oc(=O)oc(=O)c(=O)c(=O)o1. The smallest absolute Gasteiger partial charge is 0.353 e. The lowest BCUT2D eigenvalue weighted by molar-refractivity contribution is 0.224. The van der Waals surface area contributed by atoms with E-state index in [1.165, 1.54) is 0 Å². The van der Waals surface area contributed by atoms with E-state index in [2.05, 4.69) is 13.3 Å². The van der Waals surface area contributed by atoms with E-state index in [1.807, 2.05) is 0 Å². The molecule has 0 aliphatic rings. The lowest BCUT2D eigenvalue weighted by Gasteiger charge is -1.72. The van der Waals surface area contributed by atoms with Crippen molar-refractivity contribution in [2.75, 3.05) is 0 Å². The Morgan fingerprint density at radius 2 is 1.00 bits per heavy atom. The molecular formula is C5O8. The van der Waals surface area contributed by atoms with Gasteiger partial charge in [-0.15, -0.1) is 0 Å². The number of hydrogen-bond donors (Lipinski definition) is 0. The highest BCUT2D eigenvalue weighted by atomic mass is 16.6. The summed E-state index contributed by atoms with van der Waals surface area (Å²) < 4.78 is 10.7. The van der Waals surface area contributed by atoms with Crippen LogP contribution in [0.15, 0.2) is 37.2 Å². The predicted molar refractivity (Wildman–Crippen MR) is 34.6 cm³/mol. The molecule has 0 radical (unpaired) electrons. The van der Waals surface area contributed by atoms with Crippen molar-refractivity contribution < 1.29 is 13.3 Å². The summed E-state index contributed by atoms with van der Waals surface area (Å²) in [6, 6.07) is 0. The van der Waals surface area contributed by atoms with Crippen LogP contribution in [0.25, 0.3) is 0 Å². The summed E-state index contributed by atoms with van der Waals surface area (Å²) in [6.45, 7) is 0. The molecule has 0 N–H and O–H groups in total. The Morgan fingerprint density at radius 1 is 0.615 bits per heavy atom. The predicted octanol–water partition coefficient (Wildman–Crippen LogP) is -2.73. The number of rotatable bonds is 0. The van der Waals surface area contributed by atoms with Crippen LogP contribution in [0.5, 0.6) is 0 Å². The fourth-order valence-corrected chi connectivity index (χ4v) is 0.437. The lowest BCUT2D eigenvalue weighted by atomic mass is 10.7. The molecule has 0 atom stereocenters. The van der Waals surface area contributed by atoms with Crippen LogP contribution >= 0.6 is 0 Å². The molecule has 0 saturated heterocycles. The van der Waals surface area contributed by atoms with Gasteiger partial charge in [0.05, 0.1) is 0 Å². The quantitative estimate of drug-likeness (QED) is 0.401. The van der Waals surface area contributed by atoms with Crippen molar-refractivity contribution in [1.29, 1.82) is 0 Å². The Hall–Kier alpha value is -2.25. The monoisotopic (exact) mass is 188 g/mol. The van der Waals surface area contributed by atoms with Crippen molar-refractivity contribution in [1.82, 2.24) is 0 Å². The minimum Gasteiger partial charge on any atom is -0.353 e. The molecule has 0 aliphatic heterocycles. The van der Waals surface area contributed by atoms with Crippen LogP contribution in [-0.4, -0.2) is 0 Å². The van der Waals surface area contributed by atoms with E-state index < -0.39 is 28.3 Å². The summed E-state index contributed by atoms with van der Waals surface area (Å²) >= 11 is 0. The molecule has 1 rings (SSSR count). The van der Waals surface area contributed by atoms with Gasteiger partial charge in [-0.2, -0.15) is 0 Å². The second-order valence-corrected chi connectivity index (χ2v) is 1.71. The van der Waals surface area contributed by atoms with Gasteiger partial charge < -0.3 is 13.3 Å². The molecule has 8 heteroatoms. The third kappa shape index (κ3) is 1.86. The maximum Gasteiger partial charge on any atom is 0.526 e. The standard InChI is InChI=1S/C5O8/c6-1-2(7)11-4(9)13-5(10)12-3(1)8. The summed E-state index contributed by atoms with van der Waals surface area (Å²) in [5, 5.41) is 0. The molecule has 1 aromatic rings. The van der Waals surface area contributed by atoms with Gasteiger partial charge in [0, 0.05) is 0 Å². The second kappa shape index (κ2) is 3.01. The number of hydrogen-bond acceptors (Lipinski definition) is 8. The zero-order chi connectivity index (χ0) is 10.0. The highest BCUT2D eigenvalue weighted by molar-refractivity contribution is 4.73. The van der Waals surface area contributed by atoms with Crippen LogP contribution in [0, 0.1) is 0 Å². The van der Waals surface area contributed by atoms with Crippen molar-refractivity contribution in [2.24, 2.45) is 0 Å². The molecule has 0 spiro atoms. The van der Waals surface area contributed by atoms with Crippen LogP contribution in [0.4, 0.5) is 0 Å². The Kier molecular flexibility index (Phi) is 2.05. The van der Waals surface area contributed by atoms with Gasteiger partial charge in [-0.25, -0.2) is 19.2 Å². The lowest BCUT2D eigenvalue weighted by Crippen LogP contribution is -2.38. The maximum atomic E-state index is 10.5. The van der Waals surface area contributed by atoms with E-state index in [0.717, 1.165) is 0 Å². The van der Waals surface area contributed by atoms with E-state index in [4.69, 9.17) is 0 Å². The van der Waals surface area contributed by atoms with Crippen molar-refractivity contribution in [3.05, 3.63) is 52.3 Å². The van der Waals surface area contributed by atoms with Gasteiger partial charge in [0.2, 0.25) is 0 Å². The Balaban J connectivity index is 4.10. The molecule has 1 aromatic heterocycles. The fraction of sp³-hybridized carbons (Fsp3) is 0. The molecule has 0 unspecified atom stereocenters. The summed E-state index contributed by atoms with van der Waals surface area (Å²) in [5.74, 6) is -3.45. The third-order valence-electron chi connectivity index (χ3n) is 0.890. The largest absolute Gasteiger partial charge is 0.526 e. The molecule has 0 saturated carbocycles. The van der Waals surface area contributed by atoms with E-state index in [-0.39, 0.29) is 0 Å². The van der Waals surface area contributed by atoms with Crippen LogP contribution in [0.3, 0.4) is 0 Å². The zero-order valence-corrected chi connectivity index (χ0v) is 5.77. The van der Waals surface area contributed by atoms with Crippen LogP contribution < -0.4 is 28.3 Å². The van der Waals surface area contributed by atoms with Gasteiger partial charge in [0.1, 0.15) is 0 Å². The molecule has 0 aliphatic carbocycles. The molecule has 0 amide bonds. The molecule has 8 nitrogen and oxygen atoms in total. The Labute approximate surface area is 66.7 Å². The first-order chi connectivity index (χ1) is 6.00. The van der Waals surface area contributed by atoms with Gasteiger partial charge >= 0.3 is 28.3 Å². The fourth-order valence-electron chi connectivity index (χ4n) is 0.437. The van der Waals surface area contributed by atoms with Crippen LogP contribution in [0.1, 0.15) is 0 Å². The minimum absolute atomic E-state index is 1.73. The van der Waals surface area contributed by atoms with Gasteiger partial charge in [-0.3, -0.25) is 4.79 Å². The van der Waals surface area contributed by atoms with Gasteiger partial charge in [0.15, 0.2) is 0 Å². The average molecular weight is 188 g/mol. The molecule has 0 aromatic carbocycles. The summed E-state index contributed by atoms with van der Waals surface area (Å²) in [7, 11) is 0. The van der Waals surface area contributed by atoms with Gasteiger partial charge in [-0.1, -0.05) is 0 Å². The molecule has 0 fully saturated rings. The molecule has 1 heterocycles. The van der Waals surface area contributed by atoms with Crippen molar-refractivity contribution in [2.45, 2.75) is 0 Å². The van der Waals surface area contributed by atoms with Gasteiger partial charge in [0.25, 0.3) is 0 Å². The minimum atomic E-state index is -1.76. The Bertz CT molecular complexity index is 548. The molecule has 0 bridgehead atoms. The highest BCUT2D eigenvalue weighted by Gasteiger charge is 2.02. The third-order valence-corrected chi connectivity index (χ3v) is 0.890. The summed E-state index contributed by atoms with van der Waals surface area (Å²) in [6.07, 6.45) is 0. The average Bonchev–Trinajstić information content (AvgIpc) is 2.00. The first-order valence-electron chi connectivity index (χ1n) is 2.75. The first kappa shape index (κ1) is 8.84. The van der Waals surface area contributed by atoms with E-state index in [0.29, 0.717) is 0 Å². The van der Waals surface area contributed by atoms with Crippen molar-refractivity contribution in [3.63, 3.8) is 0 Å². The highest BCUT2D eigenvalue weighted by Crippen LogP contribution is 1.48.